The minimum atomic E-state index is 0.386. The molecule has 0 amide bonds. The quantitative estimate of drug-likeness (QED) is 0.291. The van der Waals surface area contributed by atoms with E-state index in [0.717, 1.165) is 57.8 Å². The van der Waals surface area contributed by atoms with E-state index < -0.39 is 0 Å². The van der Waals surface area contributed by atoms with E-state index in [1.165, 1.54) is 0 Å². The molecule has 0 N–H and O–H groups in total. The lowest BCUT2D eigenvalue weighted by molar-refractivity contribution is 0.577. The van der Waals surface area contributed by atoms with Crippen molar-refractivity contribution in [2.45, 2.75) is 89.3 Å². The molecule has 0 saturated heterocycles. The van der Waals surface area contributed by atoms with Crippen LogP contribution in [0.25, 0.3) is 0 Å². The summed E-state index contributed by atoms with van der Waals surface area (Å²) in [5.74, 6) is 0. The Bertz CT molecular complexity index is 249. The first-order chi connectivity index (χ1) is 9.86. The first-order valence-corrected chi connectivity index (χ1v) is 11.0. The number of hydrogen-bond donors (Lipinski definition) is 6. The third-order valence-electron chi connectivity index (χ3n) is 4.13. The number of thiol groups is 6. The van der Waals surface area contributed by atoms with E-state index in [4.69, 9.17) is 75.8 Å². The molecule has 6 unspecified atom stereocenters. The van der Waals surface area contributed by atoms with Crippen molar-refractivity contribution in [3.8, 4) is 0 Å². The van der Waals surface area contributed by atoms with Gasteiger partial charge in [0.15, 0.2) is 0 Å². The van der Waals surface area contributed by atoms with Crippen LogP contribution in [0, 0.1) is 0 Å². The van der Waals surface area contributed by atoms with Gasteiger partial charge in [-0.2, -0.15) is 75.8 Å². The van der Waals surface area contributed by atoms with Gasteiger partial charge in [-0.05, 0) is 57.8 Å². The van der Waals surface area contributed by atoms with Crippen LogP contribution in [0.4, 0.5) is 0 Å². The lowest BCUT2D eigenvalue weighted by atomic mass is 10.0. The Hall–Kier alpha value is 2.10. The normalized spacial score (nSPS) is 42.0. The van der Waals surface area contributed by atoms with Crippen LogP contribution < -0.4 is 0 Å². The maximum absolute atomic E-state index is 4.72. The van der Waals surface area contributed by atoms with E-state index in [0.29, 0.717) is 31.5 Å². The second kappa shape index (κ2) is 11.6. The molecule has 6 heteroatoms. The summed E-state index contributed by atoms with van der Waals surface area (Å²) in [5, 5.41) is 2.57. The Kier molecular flexibility index (Phi) is 11.7. The summed E-state index contributed by atoms with van der Waals surface area (Å²) in [5.41, 5.74) is 0. The van der Waals surface area contributed by atoms with Crippen molar-refractivity contribution >= 4 is 75.8 Å². The molecule has 0 aromatic rings. The molecule has 6 atom stereocenters. The van der Waals surface area contributed by atoms with E-state index >= 15 is 0 Å². The van der Waals surface area contributed by atoms with E-state index in [1.807, 2.05) is 0 Å². The molecule has 0 aromatic heterocycles. The van der Waals surface area contributed by atoms with Gasteiger partial charge in [0.25, 0.3) is 0 Å². The van der Waals surface area contributed by atoms with Crippen molar-refractivity contribution < 1.29 is 0 Å². The van der Waals surface area contributed by atoms with Gasteiger partial charge in [-0.3, -0.25) is 0 Å². The predicted octanol–water partition coefficient (Wildman–Crippen LogP) is 5.30. The van der Waals surface area contributed by atoms with Gasteiger partial charge in [-0.25, -0.2) is 0 Å². The van der Waals surface area contributed by atoms with Crippen molar-refractivity contribution in [2.75, 3.05) is 0 Å². The SMILES string of the molecule is SC1CCC(S)CCC(S)CC(S)CC(S)CC(S)CC1. The molecule has 0 radical (unpaired) electrons. The van der Waals surface area contributed by atoms with E-state index in [1.54, 1.807) is 0 Å². The summed E-state index contributed by atoms with van der Waals surface area (Å²) in [6, 6.07) is 0. The maximum Gasteiger partial charge on any atom is 0.00376 e. The van der Waals surface area contributed by atoms with Crippen molar-refractivity contribution in [3.63, 3.8) is 0 Å². The fourth-order valence-electron chi connectivity index (χ4n) is 2.81. The smallest absolute Gasteiger partial charge is 0.00376 e. The minimum absolute atomic E-state index is 0.386. The van der Waals surface area contributed by atoms with Crippen molar-refractivity contribution in [2.24, 2.45) is 0 Å². The van der Waals surface area contributed by atoms with Crippen LogP contribution in [0.5, 0.6) is 0 Å². The summed E-state index contributed by atoms with van der Waals surface area (Å²) in [6.45, 7) is 0. The molecule has 1 saturated carbocycles. The van der Waals surface area contributed by atoms with E-state index in [9.17, 15) is 0 Å². The Morgan fingerprint density at radius 2 is 0.571 bits per heavy atom. The molecule has 126 valence electrons. The Morgan fingerprint density at radius 1 is 0.333 bits per heavy atom. The van der Waals surface area contributed by atoms with Gasteiger partial charge in [0, 0.05) is 31.5 Å². The van der Waals surface area contributed by atoms with Gasteiger partial charge in [0.1, 0.15) is 0 Å². The topological polar surface area (TPSA) is 0 Å². The molecule has 1 fully saturated rings. The van der Waals surface area contributed by atoms with Crippen LogP contribution in [0.15, 0.2) is 0 Å². The predicted molar refractivity (Wildman–Crippen MR) is 118 cm³/mol. The molecule has 1 rings (SSSR count). The third kappa shape index (κ3) is 10.5. The molecule has 1 aliphatic carbocycles. The van der Waals surface area contributed by atoms with Gasteiger partial charge in [-0.15, -0.1) is 0 Å². The second-order valence-corrected chi connectivity index (χ2v) is 10.7. The van der Waals surface area contributed by atoms with Crippen LogP contribution in [0.1, 0.15) is 57.8 Å². The Labute approximate surface area is 164 Å². The third-order valence-corrected chi connectivity index (χ3v) is 6.95. The highest BCUT2D eigenvalue weighted by Gasteiger charge is 2.19. The molecule has 0 bridgehead atoms. The molecule has 21 heavy (non-hydrogen) atoms. The first kappa shape index (κ1) is 21.1. The van der Waals surface area contributed by atoms with Crippen LogP contribution in [0.3, 0.4) is 0 Å². The molecule has 0 nitrogen and oxygen atoms in total. The van der Waals surface area contributed by atoms with Crippen molar-refractivity contribution in [1.82, 2.24) is 0 Å². The monoisotopic (exact) mass is 402 g/mol. The second-order valence-electron chi connectivity index (χ2n) is 6.36. The standard InChI is InChI=1S/C15H30S6/c16-10-1-2-11(17)4-6-13(19)8-15(21)9-14(20)7-12(18)5-3-10/h10-21H,1-9H2. The highest BCUT2D eigenvalue weighted by molar-refractivity contribution is 7.82. The van der Waals surface area contributed by atoms with Gasteiger partial charge >= 0.3 is 0 Å². The fourth-order valence-corrected chi connectivity index (χ4v) is 5.73. The zero-order valence-electron chi connectivity index (χ0n) is 12.5. The average Bonchev–Trinajstić information content (AvgIpc) is 2.39. The number of rotatable bonds is 0. The molecule has 0 heterocycles. The summed E-state index contributed by atoms with van der Waals surface area (Å²) < 4.78 is 0. The van der Waals surface area contributed by atoms with Crippen LogP contribution in [-0.2, 0) is 0 Å². The van der Waals surface area contributed by atoms with E-state index in [-0.39, 0.29) is 0 Å². The van der Waals surface area contributed by atoms with Crippen molar-refractivity contribution in [1.29, 1.82) is 0 Å². The van der Waals surface area contributed by atoms with Gasteiger partial charge in [0.05, 0.1) is 0 Å². The van der Waals surface area contributed by atoms with Gasteiger partial charge in [-0.1, -0.05) is 0 Å². The number of hydrogen-bond acceptors (Lipinski definition) is 6. The lowest BCUT2D eigenvalue weighted by Crippen LogP contribution is -2.17. The minimum Gasteiger partial charge on any atom is -0.176 e. The Balaban J connectivity index is 2.55. The van der Waals surface area contributed by atoms with Crippen molar-refractivity contribution in [3.05, 3.63) is 0 Å². The Morgan fingerprint density at radius 3 is 0.905 bits per heavy atom. The first-order valence-electron chi connectivity index (χ1n) is 7.95. The summed E-state index contributed by atoms with van der Waals surface area (Å²) in [4.78, 5) is 0. The van der Waals surface area contributed by atoms with Gasteiger partial charge in [0.2, 0.25) is 0 Å². The van der Waals surface area contributed by atoms with Crippen LogP contribution >= 0.6 is 75.8 Å². The highest BCUT2D eigenvalue weighted by Crippen LogP contribution is 2.28. The molecule has 1 aliphatic rings. The molecule has 0 aliphatic heterocycles. The van der Waals surface area contributed by atoms with E-state index in [2.05, 4.69) is 0 Å². The summed E-state index contributed by atoms with van der Waals surface area (Å²) in [7, 11) is 0. The zero-order chi connectivity index (χ0) is 15.8. The summed E-state index contributed by atoms with van der Waals surface area (Å²) in [6.07, 6.45) is 9.95. The van der Waals surface area contributed by atoms with Gasteiger partial charge < -0.3 is 0 Å². The van der Waals surface area contributed by atoms with Crippen LogP contribution in [-0.4, -0.2) is 31.5 Å². The summed E-state index contributed by atoms with van der Waals surface area (Å²) >= 11 is 28.3. The lowest BCUT2D eigenvalue weighted by Gasteiger charge is -2.21. The molecular formula is C15H30S6. The average molecular weight is 403 g/mol. The molecular weight excluding hydrogens is 373 g/mol. The van der Waals surface area contributed by atoms with Crippen LogP contribution in [0.2, 0.25) is 0 Å². The zero-order valence-corrected chi connectivity index (χ0v) is 17.9. The molecule has 0 spiro atoms. The maximum atomic E-state index is 4.72. The highest BCUT2D eigenvalue weighted by atomic mass is 32.1. The largest absolute Gasteiger partial charge is 0.176 e. The molecule has 0 aromatic carbocycles. The fraction of sp³-hybridized carbons (Fsp3) is 1.00.